The van der Waals surface area contributed by atoms with Gasteiger partial charge in [0.2, 0.25) is 6.08 Å². The average molecular weight is 270 g/mol. The molecule has 0 atom stereocenters. The molecule has 0 unspecified atom stereocenters. The smallest absolute Gasteiger partial charge is 0.211 e. The van der Waals surface area contributed by atoms with E-state index >= 15 is 0 Å². The first-order valence-corrected chi connectivity index (χ1v) is 5.43. The Morgan fingerprint density at radius 1 is 1.53 bits per heavy atom. The second kappa shape index (κ2) is 3.54. The largest absolute Gasteiger partial charge is 0.235 e. The van der Waals surface area contributed by atoms with Crippen molar-refractivity contribution in [3.05, 3.63) is 33.5 Å². The van der Waals surface area contributed by atoms with E-state index in [4.69, 9.17) is 0 Å². The van der Waals surface area contributed by atoms with Gasteiger partial charge in [-0.1, -0.05) is 15.9 Å². The summed E-state index contributed by atoms with van der Waals surface area (Å²) in [6, 6.07) is 2.87. The Bertz CT molecular complexity index is 462. The molecule has 0 radical (unpaired) electrons. The number of hydrogen-bond acceptors (Lipinski definition) is 2. The fraction of sp³-hybridized carbons (Fsp3) is 0.364. The Kier molecular flexibility index (Phi) is 2.49. The van der Waals surface area contributed by atoms with Crippen molar-refractivity contribution in [3.8, 4) is 0 Å². The summed E-state index contributed by atoms with van der Waals surface area (Å²) >= 11 is 3.29. The predicted molar refractivity (Wildman–Crippen MR) is 57.9 cm³/mol. The van der Waals surface area contributed by atoms with Crippen LogP contribution in [-0.2, 0) is 10.3 Å². The van der Waals surface area contributed by atoms with Crippen molar-refractivity contribution in [2.45, 2.75) is 25.3 Å². The van der Waals surface area contributed by atoms with Gasteiger partial charge in [-0.15, -0.1) is 0 Å². The summed E-state index contributed by atoms with van der Waals surface area (Å²) in [5.41, 5.74) is 1.22. The van der Waals surface area contributed by atoms with E-state index in [0.29, 0.717) is 4.47 Å². The molecular formula is C11H9BrFNO. The third-order valence-electron chi connectivity index (χ3n) is 2.79. The van der Waals surface area contributed by atoms with Gasteiger partial charge in [0.1, 0.15) is 5.82 Å². The van der Waals surface area contributed by atoms with Crippen LogP contribution in [0.3, 0.4) is 0 Å². The minimum absolute atomic E-state index is 0.310. The van der Waals surface area contributed by atoms with Crippen LogP contribution >= 0.6 is 15.9 Å². The van der Waals surface area contributed by atoms with Gasteiger partial charge < -0.3 is 0 Å². The maximum Gasteiger partial charge on any atom is 0.235 e. The van der Waals surface area contributed by atoms with Crippen LogP contribution in [0.5, 0.6) is 0 Å². The number of hydrogen-bond donors (Lipinski definition) is 0. The lowest BCUT2D eigenvalue weighted by molar-refractivity contribution is 0.555. The molecule has 2 nitrogen and oxygen atoms in total. The molecule has 0 aliphatic heterocycles. The number of nitrogens with zero attached hydrogens (tertiary/aromatic N) is 1. The summed E-state index contributed by atoms with van der Waals surface area (Å²) in [6.07, 6.45) is 3.15. The molecule has 1 aliphatic carbocycles. The zero-order valence-corrected chi connectivity index (χ0v) is 9.77. The molecule has 1 aliphatic rings. The highest BCUT2D eigenvalue weighted by molar-refractivity contribution is 9.10. The summed E-state index contributed by atoms with van der Waals surface area (Å²) < 4.78 is 13.9. The van der Waals surface area contributed by atoms with Crippen molar-refractivity contribution in [3.63, 3.8) is 0 Å². The van der Waals surface area contributed by atoms with Crippen molar-refractivity contribution >= 4 is 22.0 Å². The molecule has 0 N–H and O–H groups in total. The van der Waals surface area contributed by atoms with E-state index in [-0.39, 0.29) is 5.82 Å². The van der Waals surface area contributed by atoms with Gasteiger partial charge in [-0.2, -0.15) is 4.99 Å². The Balaban J connectivity index is 2.57. The lowest BCUT2D eigenvalue weighted by Crippen LogP contribution is -2.06. The average Bonchev–Trinajstić information content (AvgIpc) is 2.93. The summed E-state index contributed by atoms with van der Waals surface area (Å²) in [7, 11) is 0. The summed E-state index contributed by atoms with van der Waals surface area (Å²) in [4.78, 5) is 14.1. The molecule has 78 valence electrons. The van der Waals surface area contributed by atoms with Crippen molar-refractivity contribution < 1.29 is 9.18 Å². The third-order valence-corrected chi connectivity index (χ3v) is 3.62. The molecule has 4 heteroatoms. The molecule has 0 aromatic heterocycles. The van der Waals surface area contributed by atoms with Crippen LogP contribution in [0.15, 0.2) is 21.6 Å². The normalized spacial score (nSPS) is 17.0. The van der Waals surface area contributed by atoms with Gasteiger partial charge >= 0.3 is 0 Å². The molecule has 1 fully saturated rings. The van der Waals surface area contributed by atoms with Gasteiger partial charge in [-0.3, -0.25) is 0 Å². The van der Waals surface area contributed by atoms with E-state index in [1.807, 2.05) is 6.92 Å². The van der Waals surface area contributed by atoms with Gasteiger partial charge in [0.15, 0.2) is 0 Å². The van der Waals surface area contributed by atoms with E-state index in [2.05, 4.69) is 20.9 Å². The SMILES string of the molecule is Cc1c(Br)cc(F)cc1C1(N=C=O)CC1. The van der Waals surface area contributed by atoms with Crippen LogP contribution in [-0.4, -0.2) is 6.08 Å². The molecule has 2 rings (SSSR count). The molecule has 0 heterocycles. The number of carbonyl (C=O) groups excluding carboxylic acids is 1. The predicted octanol–water partition coefficient (Wildman–Crippen LogP) is 3.22. The number of aliphatic imine (C=N–C) groups is 1. The zero-order chi connectivity index (χ0) is 11.1. The van der Waals surface area contributed by atoms with Crippen LogP contribution in [0.4, 0.5) is 4.39 Å². The van der Waals surface area contributed by atoms with Crippen molar-refractivity contribution in [1.29, 1.82) is 0 Å². The van der Waals surface area contributed by atoms with Crippen molar-refractivity contribution in [2.24, 2.45) is 4.99 Å². The quantitative estimate of drug-likeness (QED) is 0.599. The van der Waals surface area contributed by atoms with Crippen LogP contribution < -0.4 is 0 Å². The van der Waals surface area contributed by atoms with Crippen LogP contribution in [0.2, 0.25) is 0 Å². The van der Waals surface area contributed by atoms with Gasteiger partial charge in [0, 0.05) is 4.47 Å². The van der Waals surface area contributed by atoms with Gasteiger partial charge in [0.05, 0.1) is 5.54 Å². The second-order valence-electron chi connectivity index (χ2n) is 3.79. The fourth-order valence-electron chi connectivity index (χ4n) is 1.78. The first kappa shape index (κ1) is 10.5. The van der Waals surface area contributed by atoms with Gasteiger partial charge in [-0.25, -0.2) is 9.18 Å². The Morgan fingerprint density at radius 2 is 2.20 bits per heavy atom. The molecule has 0 amide bonds. The molecule has 0 spiro atoms. The van der Waals surface area contributed by atoms with E-state index in [1.165, 1.54) is 12.1 Å². The van der Waals surface area contributed by atoms with Crippen LogP contribution in [0, 0.1) is 12.7 Å². The molecule has 0 bridgehead atoms. The maximum atomic E-state index is 13.2. The molecule has 0 saturated heterocycles. The van der Waals surface area contributed by atoms with Gasteiger partial charge in [-0.05, 0) is 43.0 Å². The van der Waals surface area contributed by atoms with E-state index in [9.17, 15) is 9.18 Å². The van der Waals surface area contributed by atoms with Gasteiger partial charge in [0.25, 0.3) is 0 Å². The first-order valence-electron chi connectivity index (χ1n) is 4.64. The minimum atomic E-state index is -0.504. The highest BCUT2D eigenvalue weighted by atomic mass is 79.9. The van der Waals surface area contributed by atoms with E-state index in [1.54, 1.807) is 6.08 Å². The number of isocyanates is 1. The standard InChI is InChI=1S/C11H9BrFNO/c1-7-9(4-8(13)5-10(7)12)11(2-3-11)14-6-15/h4-5H,2-3H2,1H3. The van der Waals surface area contributed by atoms with Crippen molar-refractivity contribution in [1.82, 2.24) is 0 Å². The van der Waals surface area contributed by atoms with E-state index in [0.717, 1.165) is 24.0 Å². The number of benzene rings is 1. The lowest BCUT2D eigenvalue weighted by Gasteiger charge is -2.13. The minimum Gasteiger partial charge on any atom is -0.211 e. The highest BCUT2D eigenvalue weighted by Crippen LogP contribution is 2.51. The maximum absolute atomic E-state index is 13.2. The Hall–Kier alpha value is -0.990. The zero-order valence-electron chi connectivity index (χ0n) is 8.18. The molecule has 1 aromatic carbocycles. The third kappa shape index (κ3) is 1.75. The fourth-order valence-corrected chi connectivity index (χ4v) is 2.21. The summed E-state index contributed by atoms with van der Waals surface area (Å²) in [5, 5.41) is 0. The van der Waals surface area contributed by atoms with Crippen LogP contribution in [0.1, 0.15) is 24.0 Å². The number of halogens is 2. The van der Waals surface area contributed by atoms with Crippen molar-refractivity contribution in [2.75, 3.05) is 0 Å². The topological polar surface area (TPSA) is 29.4 Å². The lowest BCUT2D eigenvalue weighted by atomic mass is 10.00. The first-order chi connectivity index (χ1) is 7.09. The Labute approximate surface area is 95.3 Å². The molecular weight excluding hydrogens is 261 g/mol. The Morgan fingerprint density at radius 3 is 2.73 bits per heavy atom. The molecule has 1 saturated carbocycles. The monoisotopic (exact) mass is 269 g/mol. The highest BCUT2D eigenvalue weighted by Gasteiger charge is 2.46. The summed E-state index contributed by atoms with van der Waals surface area (Å²) in [6.45, 7) is 1.89. The summed E-state index contributed by atoms with van der Waals surface area (Å²) in [5.74, 6) is -0.310. The molecule has 15 heavy (non-hydrogen) atoms. The number of rotatable bonds is 2. The second-order valence-corrected chi connectivity index (χ2v) is 4.65. The molecule has 1 aromatic rings. The van der Waals surface area contributed by atoms with E-state index < -0.39 is 5.54 Å². The van der Waals surface area contributed by atoms with Crippen LogP contribution in [0.25, 0.3) is 0 Å².